The van der Waals surface area contributed by atoms with Crippen molar-refractivity contribution < 1.29 is 23.8 Å². The van der Waals surface area contributed by atoms with Gasteiger partial charge in [0.15, 0.2) is 0 Å². The van der Waals surface area contributed by atoms with Gasteiger partial charge in [-0.15, -0.1) is 0 Å². The van der Waals surface area contributed by atoms with E-state index >= 15 is 0 Å². The number of benzene rings is 2. The van der Waals surface area contributed by atoms with Crippen molar-refractivity contribution in [1.29, 1.82) is 0 Å². The van der Waals surface area contributed by atoms with Crippen LogP contribution in [0.5, 0.6) is 5.75 Å². The average Bonchev–Trinajstić information content (AvgIpc) is 3.28. The number of ether oxygens (including phenoxy) is 1. The summed E-state index contributed by atoms with van der Waals surface area (Å²) in [4.78, 5) is 22.9. The zero-order valence-corrected chi connectivity index (χ0v) is 20.8. The first-order chi connectivity index (χ1) is 16.8. The van der Waals surface area contributed by atoms with Crippen LogP contribution >= 0.6 is 0 Å². The van der Waals surface area contributed by atoms with Gasteiger partial charge in [0, 0.05) is 35.3 Å². The van der Waals surface area contributed by atoms with Crippen molar-refractivity contribution in [2.45, 2.75) is 46.1 Å². The SMILES string of the molecule is CCc1oc(-c2ccc(OC)cc2)cc1C(CC(C)C)Nc1ccc(C(=O)NCCC(=O)O)cc1. The van der Waals surface area contributed by atoms with Gasteiger partial charge in [0.05, 0.1) is 19.6 Å². The van der Waals surface area contributed by atoms with Crippen LogP contribution in [0.4, 0.5) is 5.69 Å². The molecule has 1 atom stereocenters. The second-order valence-electron chi connectivity index (χ2n) is 8.87. The smallest absolute Gasteiger partial charge is 0.305 e. The van der Waals surface area contributed by atoms with Crippen LogP contribution in [0.2, 0.25) is 0 Å². The second-order valence-corrected chi connectivity index (χ2v) is 8.87. The van der Waals surface area contributed by atoms with E-state index in [9.17, 15) is 9.59 Å². The number of carboxylic acid groups (broad SMARTS) is 1. The Morgan fingerprint density at radius 3 is 2.31 bits per heavy atom. The van der Waals surface area contributed by atoms with Crippen LogP contribution in [0.25, 0.3) is 11.3 Å². The zero-order chi connectivity index (χ0) is 25.4. The second kappa shape index (κ2) is 12.1. The highest BCUT2D eigenvalue weighted by atomic mass is 16.5. The highest BCUT2D eigenvalue weighted by molar-refractivity contribution is 5.94. The molecular formula is C28H34N2O5. The van der Waals surface area contributed by atoms with E-state index in [4.69, 9.17) is 14.3 Å². The van der Waals surface area contributed by atoms with E-state index in [0.29, 0.717) is 11.5 Å². The first kappa shape index (κ1) is 25.9. The molecule has 0 aliphatic rings. The van der Waals surface area contributed by atoms with Gasteiger partial charge in [-0.1, -0.05) is 20.8 Å². The maximum absolute atomic E-state index is 12.2. The maximum atomic E-state index is 12.2. The Labute approximate surface area is 206 Å². The van der Waals surface area contributed by atoms with Gasteiger partial charge >= 0.3 is 5.97 Å². The zero-order valence-electron chi connectivity index (χ0n) is 20.8. The lowest BCUT2D eigenvalue weighted by molar-refractivity contribution is -0.136. The minimum atomic E-state index is -0.943. The Balaban J connectivity index is 1.79. The standard InChI is InChI=1S/C28H34N2O5/c1-5-25-23(17-26(35-25)19-8-12-22(34-4)13-9-19)24(16-18(2)3)30-21-10-6-20(7-11-21)28(33)29-15-14-27(31)32/h6-13,17-18,24,30H,5,14-16H2,1-4H3,(H,29,33)(H,31,32). The molecule has 35 heavy (non-hydrogen) atoms. The largest absolute Gasteiger partial charge is 0.497 e. The predicted molar refractivity (Wildman–Crippen MR) is 137 cm³/mol. The third kappa shape index (κ3) is 7.12. The molecule has 0 saturated heterocycles. The molecule has 3 N–H and O–H groups in total. The number of aryl methyl sites for hydroxylation is 1. The van der Waals surface area contributed by atoms with Gasteiger partial charge in [-0.05, 0) is 66.9 Å². The lowest BCUT2D eigenvalue weighted by Crippen LogP contribution is -2.25. The van der Waals surface area contributed by atoms with E-state index in [-0.39, 0.29) is 24.9 Å². The van der Waals surface area contributed by atoms with Crippen molar-refractivity contribution in [3.05, 3.63) is 71.5 Å². The number of aliphatic carboxylic acids is 1. The van der Waals surface area contributed by atoms with Gasteiger partial charge in [0.2, 0.25) is 0 Å². The number of anilines is 1. The molecule has 2 aromatic carbocycles. The predicted octanol–water partition coefficient (Wildman–Crippen LogP) is 5.92. The van der Waals surface area contributed by atoms with Gasteiger partial charge in [-0.25, -0.2) is 0 Å². The first-order valence-corrected chi connectivity index (χ1v) is 11.9. The highest BCUT2D eigenvalue weighted by Gasteiger charge is 2.21. The summed E-state index contributed by atoms with van der Waals surface area (Å²) >= 11 is 0. The molecule has 0 aliphatic heterocycles. The molecule has 3 aromatic rings. The maximum Gasteiger partial charge on any atom is 0.305 e. The fraction of sp³-hybridized carbons (Fsp3) is 0.357. The number of methoxy groups -OCH3 is 1. The Kier molecular flexibility index (Phi) is 8.95. The number of carbonyl (C=O) groups excluding carboxylic acids is 1. The molecule has 1 aromatic heterocycles. The van der Waals surface area contributed by atoms with Crippen LogP contribution in [0.1, 0.15) is 61.3 Å². The molecule has 0 bridgehead atoms. The number of nitrogens with one attached hydrogen (secondary N) is 2. The van der Waals surface area contributed by atoms with Crippen LogP contribution in [-0.4, -0.2) is 30.6 Å². The van der Waals surface area contributed by atoms with E-state index in [1.54, 1.807) is 19.2 Å². The van der Waals surface area contributed by atoms with Crippen LogP contribution in [-0.2, 0) is 11.2 Å². The van der Waals surface area contributed by atoms with Crippen LogP contribution in [0.3, 0.4) is 0 Å². The summed E-state index contributed by atoms with van der Waals surface area (Å²) in [6.45, 7) is 6.57. The molecule has 1 amide bonds. The van der Waals surface area contributed by atoms with Crippen LogP contribution < -0.4 is 15.4 Å². The summed E-state index contributed by atoms with van der Waals surface area (Å²) in [7, 11) is 1.65. The Bertz CT molecular complexity index is 1120. The molecule has 7 heteroatoms. The summed E-state index contributed by atoms with van der Waals surface area (Å²) in [5, 5.41) is 15.0. The summed E-state index contributed by atoms with van der Waals surface area (Å²) in [5.74, 6) is 1.79. The quantitative estimate of drug-likeness (QED) is 0.299. The number of furan rings is 1. The van der Waals surface area contributed by atoms with Gasteiger partial charge < -0.3 is 24.9 Å². The molecule has 0 radical (unpaired) electrons. The minimum absolute atomic E-state index is 0.0379. The molecular weight excluding hydrogens is 444 g/mol. The van der Waals surface area contributed by atoms with Crippen molar-refractivity contribution in [2.24, 2.45) is 5.92 Å². The minimum Gasteiger partial charge on any atom is -0.497 e. The topological polar surface area (TPSA) is 101 Å². The lowest BCUT2D eigenvalue weighted by Gasteiger charge is -2.22. The van der Waals surface area contributed by atoms with Crippen molar-refractivity contribution >= 4 is 17.6 Å². The summed E-state index contributed by atoms with van der Waals surface area (Å²) < 4.78 is 11.5. The van der Waals surface area contributed by atoms with Gasteiger partial charge in [0.25, 0.3) is 5.91 Å². The van der Waals surface area contributed by atoms with E-state index in [1.165, 1.54) is 0 Å². The molecule has 0 aliphatic carbocycles. The molecule has 0 spiro atoms. The van der Waals surface area contributed by atoms with Gasteiger partial charge in [-0.2, -0.15) is 0 Å². The Morgan fingerprint density at radius 2 is 1.74 bits per heavy atom. The van der Waals surface area contributed by atoms with Crippen molar-refractivity contribution in [3.8, 4) is 17.1 Å². The van der Waals surface area contributed by atoms with Gasteiger partial charge in [0.1, 0.15) is 17.3 Å². The summed E-state index contributed by atoms with van der Waals surface area (Å²) in [6, 6.07) is 17.2. The molecule has 3 rings (SSSR count). The molecule has 0 fully saturated rings. The van der Waals surface area contributed by atoms with Crippen LogP contribution in [0, 0.1) is 5.92 Å². The van der Waals surface area contributed by atoms with E-state index in [2.05, 4.69) is 37.5 Å². The summed E-state index contributed by atoms with van der Waals surface area (Å²) in [6.07, 6.45) is 1.58. The van der Waals surface area contributed by atoms with Crippen LogP contribution in [0.15, 0.2) is 59.0 Å². The molecule has 1 heterocycles. The molecule has 1 unspecified atom stereocenters. The number of carbonyl (C=O) groups is 2. The lowest BCUT2D eigenvalue weighted by atomic mass is 9.95. The molecule has 0 saturated carbocycles. The fourth-order valence-corrected chi connectivity index (χ4v) is 3.95. The van der Waals surface area contributed by atoms with E-state index in [1.807, 2.05) is 36.4 Å². The van der Waals surface area contributed by atoms with E-state index < -0.39 is 5.97 Å². The average molecular weight is 479 g/mol. The van der Waals surface area contributed by atoms with Gasteiger partial charge in [-0.3, -0.25) is 9.59 Å². The monoisotopic (exact) mass is 478 g/mol. The highest BCUT2D eigenvalue weighted by Crippen LogP contribution is 2.35. The third-order valence-electron chi connectivity index (χ3n) is 5.73. The molecule has 7 nitrogen and oxygen atoms in total. The van der Waals surface area contributed by atoms with E-state index in [0.717, 1.165) is 46.9 Å². The Morgan fingerprint density at radius 1 is 1.06 bits per heavy atom. The number of carboxylic acids is 1. The number of amides is 1. The van der Waals surface area contributed by atoms with Crippen molar-refractivity contribution in [2.75, 3.05) is 19.0 Å². The first-order valence-electron chi connectivity index (χ1n) is 11.9. The van der Waals surface area contributed by atoms with Crippen molar-refractivity contribution in [1.82, 2.24) is 5.32 Å². The number of rotatable bonds is 12. The Hall–Kier alpha value is -3.74. The number of hydrogen-bond acceptors (Lipinski definition) is 5. The number of hydrogen-bond donors (Lipinski definition) is 3. The third-order valence-corrected chi connectivity index (χ3v) is 5.73. The normalized spacial score (nSPS) is 11.8. The molecule has 186 valence electrons. The summed E-state index contributed by atoms with van der Waals surface area (Å²) in [5.41, 5.74) is 3.50. The fourth-order valence-electron chi connectivity index (χ4n) is 3.95. The van der Waals surface area contributed by atoms with Crippen molar-refractivity contribution in [3.63, 3.8) is 0 Å².